The van der Waals surface area contributed by atoms with Crippen LogP contribution in [-0.4, -0.2) is 31.4 Å². The molecule has 0 saturated heterocycles. The molecule has 1 N–H and O–H groups in total. The first-order chi connectivity index (χ1) is 10.1. The van der Waals surface area contributed by atoms with Crippen molar-refractivity contribution in [2.45, 2.75) is 19.4 Å². The number of amides is 1. The summed E-state index contributed by atoms with van der Waals surface area (Å²) < 4.78 is 5.43. The molecule has 112 valence electrons. The lowest BCUT2D eigenvalue weighted by Gasteiger charge is -2.22. The zero-order valence-corrected chi connectivity index (χ0v) is 12.8. The predicted molar refractivity (Wildman–Crippen MR) is 83.3 cm³/mol. The van der Waals surface area contributed by atoms with Gasteiger partial charge in [-0.1, -0.05) is 19.1 Å². The normalized spacial score (nSPS) is 12.4. The second kappa shape index (κ2) is 7.09. The van der Waals surface area contributed by atoms with Gasteiger partial charge in [-0.05, 0) is 50.3 Å². The quantitative estimate of drug-likeness (QED) is 0.888. The Kier molecular flexibility index (Phi) is 5.17. The summed E-state index contributed by atoms with van der Waals surface area (Å²) in [5.41, 5.74) is 1.91. The molecule has 0 saturated carbocycles. The summed E-state index contributed by atoms with van der Waals surface area (Å²) in [6.07, 6.45) is 2.63. The van der Waals surface area contributed by atoms with E-state index in [1.807, 2.05) is 55.4 Å². The molecule has 1 atom stereocenters. The number of hydrogen-bond donors (Lipinski definition) is 1. The number of hydrogen-bond acceptors (Lipinski definition) is 3. The van der Waals surface area contributed by atoms with Crippen LogP contribution in [0.3, 0.4) is 0 Å². The fourth-order valence-corrected chi connectivity index (χ4v) is 2.20. The highest BCUT2D eigenvalue weighted by Gasteiger charge is 2.18. The van der Waals surface area contributed by atoms with Crippen LogP contribution in [0.4, 0.5) is 0 Å². The molecular formula is C17H22N2O2. The van der Waals surface area contributed by atoms with E-state index in [4.69, 9.17) is 4.42 Å². The lowest BCUT2D eigenvalue weighted by molar-refractivity contribution is 0.0939. The van der Waals surface area contributed by atoms with Gasteiger partial charge in [-0.2, -0.15) is 0 Å². The SMILES string of the molecule is CCc1ccc(C(=O)NCC(c2ccco2)N(C)C)cc1. The standard InChI is InChI=1S/C17H22N2O2/c1-4-13-7-9-14(10-8-13)17(20)18-12-15(19(2)3)16-6-5-11-21-16/h5-11,15H,4,12H2,1-3H3,(H,18,20). The van der Waals surface area contributed by atoms with Gasteiger partial charge >= 0.3 is 0 Å². The molecule has 0 fully saturated rings. The molecule has 4 nitrogen and oxygen atoms in total. The highest BCUT2D eigenvalue weighted by Crippen LogP contribution is 2.17. The summed E-state index contributed by atoms with van der Waals surface area (Å²) in [4.78, 5) is 14.2. The first-order valence-corrected chi connectivity index (χ1v) is 7.18. The van der Waals surface area contributed by atoms with Gasteiger partial charge in [0.05, 0.1) is 12.3 Å². The van der Waals surface area contributed by atoms with E-state index >= 15 is 0 Å². The summed E-state index contributed by atoms with van der Waals surface area (Å²) >= 11 is 0. The van der Waals surface area contributed by atoms with E-state index in [0.29, 0.717) is 12.1 Å². The summed E-state index contributed by atoms with van der Waals surface area (Å²) in [6, 6.07) is 11.5. The van der Waals surface area contributed by atoms with Crippen molar-refractivity contribution < 1.29 is 9.21 Å². The van der Waals surface area contributed by atoms with Crippen LogP contribution in [0.25, 0.3) is 0 Å². The molecule has 1 aromatic carbocycles. The number of aryl methyl sites for hydroxylation is 1. The number of nitrogens with one attached hydrogen (secondary N) is 1. The third kappa shape index (κ3) is 3.95. The van der Waals surface area contributed by atoms with Gasteiger partial charge in [0.1, 0.15) is 5.76 Å². The van der Waals surface area contributed by atoms with Crippen LogP contribution in [0.2, 0.25) is 0 Å². The van der Waals surface area contributed by atoms with Gasteiger partial charge < -0.3 is 9.73 Å². The number of carbonyl (C=O) groups excluding carboxylic acids is 1. The molecule has 0 aliphatic rings. The number of carbonyl (C=O) groups is 1. The van der Waals surface area contributed by atoms with Gasteiger partial charge in [0.2, 0.25) is 0 Å². The number of rotatable bonds is 6. The Morgan fingerprint density at radius 3 is 2.48 bits per heavy atom. The second-order valence-corrected chi connectivity index (χ2v) is 5.26. The van der Waals surface area contributed by atoms with Crippen LogP contribution in [0, 0.1) is 0 Å². The Bertz CT molecular complexity index is 559. The van der Waals surface area contributed by atoms with Crippen LogP contribution < -0.4 is 5.32 Å². The maximum absolute atomic E-state index is 12.2. The molecule has 0 aliphatic heterocycles. The molecule has 2 aromatic rings. The molecule has 21 heavy (non-hydrogen) atoms. The lowest BCUT2D eigenvalue weighted by Crippen LogP contribution is -2.34. The summed E-state index contributed by atoms with van der Waals surface area (Å²) in [5, 5.41) is 2.97. The fourth-order valence-electron chi connectivity index (χ4n) is 2.20. The molecule has 2 rings (SSSR count). The van der Waals surface area contributed by atoms with Gasteiger partial charge in [-0.3, -0.25) is 9.69 Å². The Balaban J connectivity index is 1.98. The maximum atomic E-state index is 12.2. The fraction of sp³-hybridized carbons (Fsp3) is 0.353. The van der Waals surface area contributed by atoms with Gasteiger partial charge in [-0.15, -0.1) is 0 Å². The number of benzene rings is 1. The molecule has 0 radical (unpaired) electrons. The summed E-state index contributed by atoms with van der Waals surface area (Å²) in [6.45, 7) is 2.61. The minimum atomic E-state index is -0.0592. The molecule has 1 unspecified atom stereocenters. The summed E-state index contributed by atoms with van der Waals surface area (Å²) in [7, 11) is 3.94. The smallest absolute Gasteiger partial charge is 0.251 e. The van der Waals surface area contributed by atoms with E-state index in [-0.39, 0.29) is 11.9 Å². The first-order valence-electron chi connectivity index (χ1n) is 7.18. The Hall–Kier alpha value is -2.07. The van der Waals surface area contributed by atoms with Crippen molar-refractivity contribution in [1.29, 1.82) is 0 Å². The number of likely N-dealkylation sites (N-methyl/N-ethyl adjacent to an activating group) is 1. The lowest BCUT2D eigenvalue weighted by atomic mass is 10.1. The molecule has 1 heterocycles. The van der Waals surface area contributed by atoms with Crippen molar-refractivity contribution in [2.75, 3.05) is 20.6 Å². The predicted octanol–water partition coefficient (Wildman–Crippen LogP) is 2.87. The van der Waals surface area contributed by atoms with E-state index in [0.717, 1.165) is 12.2 Å². The minimum Gasteiger partial charge on any atom is -0.468 e. The van der Waals surface area contributed by atoms with Crippen LogP contribution in [0.1, 0.15) is 34.6 Å². The molecule has 0 bridgehead atoms. The molecule has 0 spiro atoms. The molecule has 4 heteroatoms. The molecule has 1 amide bonds. The van der Waals surface area contributed by atoms with Crippen LogP contribution >= 0.6 is 0 Å². The molecular weight excluding hydrogens is 264 g/mol. The third-order valence-corrected chi connectivity index (χ3v) is 3.58. The van der Waals surface area contributed by atoms with Gasteiger partial charge in [0.15, 0.2) is 0 Å². The largest absolute Gasteiger partial charge is 0.468 e. The molecule has 0 aliphatic carbocycles. The minimum absolute atomic E-state index is 0.0267. The zero-order valence-electron chi connectivity index (χ0n) is 12.8. The van der Waals surface area contributed by atoms with E-state index < -0.39 is 0 Å². The van der Waals surface area contributed by atoms with Gasteiger partial charge in [0.25, 0.3) is 5.91 Å². The van der Waals surface area contributed by atoms with E-state index in [9.17, 15) is 4.79 Å². The van der Waals surface area contributed by atoms with Gasteiger partial charge in [-0.25, -0.2) is 0 Å². The van der Waals surface area contributed by atoms with Crippen LogP contribution in [0.15, 0.2) is 47.1 Å². The highest BCUT2D eigenvalue weighted by atomic mass is 16.3. The topological polar surface area (TPSA) is 45.5 Å². The van der Waals surface area contributed by atoms with E-state index in [2.05, 4.69) is 12.2 Å². The number of furan rings is 1. The van der Waals surface area contributed by atoms with Gasteiger partial charge in [0, 0.05) is 12.1 Å². The van der Waals surface area contributed by atoms with E-state index in [1.54, 1.807) is 6.26 Å². The summed E-state index contributed by atoms with van der Waals surface area (Å²) in [5.74, 6) is 0.790. The Morgan fingerprint density at radius 2 is 1.95 bits per heavy atom. The highest BCUT2D eigenvalue weighted by molar-refractivity contribution is 5.94. The van der Waals surface area contributed by atoms with Crippen molar-refractivity contribution in [3.8, 4) is 0 Å². The Morgan fingerprint density at radius 1 is 1.24 bits per heavy atom. The molecule has 1 aromatic heterocycles. The van der Waals surface area contributed by atoms with Crippen molar-refractivity contribution in [2.24, 2.45) is 0 Å². The van der Waals surface area contributed by atoms with Crippen LogP contribution in [-0.2, 0) is 6.42 Å². The monoisotopic (exact) mass is 286 g/mol. The Labute approximate surface area is 125 Å². The van der Waals surface area contributed by atoms with E-state index in [1.165, 1.54) is 5.56 Å². The number of nitrogens with zero attached hydrogens (tertiary/aromatic N) is 1. The van der Waals surface area contributed by atoms with Crippen LogP contribution in [0.5, 0.6) is 0 Å². The van der Waals surface area contributed by atoms with Crippen molar-refractivity contribution in [3.05, 3.63) is 59.5 Å². The van der Waals surface area contributed by atoms with Crippen molar-refractivity contribution in [1.82, 2.24) is 10.2 Å². The average molecular weight is 286 g/mol. The third-order valence-electron chi connectivity index (χ3n) is 3.58. The second-order valence-electron chi connectivity index (χ2n) is 5.26. The first kappa shape index (κ1) is 15.3. The zero-order chi connectivity index (χ0) is 15.2. The average Bonchev–Trinajstić information content (AvgIpc) is 3.01. The van der Waals surface area contributed by atoms with Crippen molar-refractivity contribution >= 4 is 5.91 Å². The maximum Gasteiger partial charge on any atom is 0.251 e. The van der Waals surface area contributed by atoms with Crippen molar-refractivity contribution in [3.63, 3.8) is 0 Å².